The number of aliphatic hydroxyl groups is 1. The van der Waals surface area contributed by atoms with Crippen LogP contribution in [-0.2, 0) is 6.42 Å². The monoisotopic (exact) mass is 194 g/mol. The van der Waals surface area contributed by atoms with Gasteiger partial charge in [-0.2, -0.15) is 0 Å². The van der Waals surface area contributed by atoms with Crippen molar-refractivity contribution in [3.63, 3.8) is 0 Å². The minimum absolute atomic E-state index is 0.172. The summed E-state index contributed by atoms with van der Waals surface area (Å²) >= 11 is 0. The van der Waals surface area contributed by atoms with Crippen molar-refractivity contribution in [2.75, 3.05) is 6.61 Å². The van der Waals surface area contributed by atoms with Crippen molar-refractivity contribution in [2.45, 2.75) is 32.6 Å². The molecular weight excluding hydrogens is 176 g/mol. The Kier molecular flexibility index (Phi) is 3.96. The van der Waals surface area contributed by atoms with Crippen molar-refractivity contribution < 1.29 is 10.2 Å². The van der Waals surface area contributed by atoms with Crippen molar-refractivity contribution in [1.82, 2.24) is 0 Å². The van der Waals surface area contributed by atoms with Crippen LogP contribution in [-0.4, -0.2) is 16.8 Å². The number of aryl methyl sites for hydroxylation is 1. The van der Waals surface area contributed by atoms with Crippen LogP contribution in [0, 0.1) is 0 Å². The normalized spacial score (nSPS) is 10.9. The third-order valence-corrected chi connectivity index (χ3v) is 2.37. The van der Waals surface area contributed by atoms with Crippen LogP contribution in [0.1, 0.15) is 37.3 Å². The van der Waals surface area contributed by atoms with E-state index < -0.39 is 0 Å². The van der Waals surface area contributed by atoms with Crippen LogP contribution in [0.25, 0.3) is 0 Å². The van der Waals surface area contributed by atoms with Gasteiger partial charge in [0.15, 0.2) is 0 Å². The van der Waals surface area contributed by atoms with Gasteiger partial charge >= 0.3 is 0 Å². The van der Waals surface area contributed by atoms with E-state index in [1.165, 1.54) is 5.56 Å². The van der Waals surface area contributed by atoms with Crippen LogP contribution in [0.15, 0.2) is 18.2 Å². The summed E-state index contributed by atoms with van der Waals surface area (Å²) in [5.41, 5.74) is 2.17. The van der Waals surface area contributed by atoms with Gasteiger partial charge in [-0.15, -0.1) is 0 Å². The first kappa shape index (κ1) is 11.1. The third kappa shape index (κ3) is 2.74. The van der Waals surface area contributed by atoms with Crippen LogP contribution in [0.4, 0.5) is 0 Å². The van der Waals surface area contributed by atoms with Crippen LogP contribution in [0.3, 0.4) is 0 Å². The molecule has 2 nitrogen and oxygen atoms in total. The molecule has 2 heteroatoms. The fourth-order valence-electron chi connectivity index (χ4n) is 1.43. The summed E-state index contributed by atoms with van der Waals surface area (Å²) in [5.74, 6) is 0.811. The Morgan fingerprint density at radius 3 is 2.57 bits per heavy atom. The standard InChI is InChI=1S/C12H18O2/c1-9(2)10-5-6-12(14)11(8-10)4-3-7-13/h5-6,8-9,13-14H,3-4,7H2,1-2H3. The predicted octanol–water partition coefficient (Wildman–Crippen LogP) is 2.44. The largest absolute Gasteiger partial charge is 0.508 e. The molecule has 78 valence electrons. The molecule has 0 atom stereocenters. The van der Waals surface area contributed by atoms with Gasteiger partial charge in [0.05, 0.1) is 0 Å². The number of benzene rings is 1. The lowest BCUT2D eigenvalue weighted by Gasteiger charge is -2.09. The number of hydrogen-bond acceptors (Lipinski definition) is 2. The average Bonchev–Trinajstić information content (AvgIpc) is 2.16. The number of hydrogen-bond donors (Lipinski definition) is 2. The fraction of sp³-hybridized carbons (Fsp3) is 0.500. The summed E-state index contributed by atoms with van der Waals surface area (Å²) in [6.07, 6.45) is 1.44. The molecule has 0 bridgehead atoms. The summed E-state index contributed by atoms with van der Waals surface area (Å²) in [6, 6.07) is 5.71. The summed E-state index contributed by atoms with van der Waals surface area (Å²) in [7, 11) is 0. The number of aromatic hydroxyl groups is 1. The van der Waals surface area contributed by atoms with E-state index in [0.29, 0.717) is 18.1 Å². The molecule has 0 fully saturated rings. The van der Waals surface area contributed by atoms with Gasteiger partial charge in [0.1, 0.15) is 5.75 Å². The highest BCUT2D eigenvalue weighted by Gasteiger charge is 2.04. The molecule has 0 aliphatic heterocycles. The first-order valence-electron chi connectivity index (χ1n) is 5.07. The maximum absolute atomic E-state index is 9.56. The molecule has 1 aromatic rings. The number of phenolic OH excluding ortho intramolecular Hbond substituents is 1. The molecule has 0 amide bonds. The van der Waals surface area contributed by atoms with Crippen LogP contribution in [0.5, 0.6) is 5.75 Å². The second kappa shape index (κ2) is 5.01. The van der Waals surface area contributed by atoms with Gasteiger partial charge in [-0.25, -0.2) is 0 Å². The minimum Gasteiger partial charge on any atom is -0.508 e. The average molecular weight is 194 g/mol. The van der Waals surface area contributed by atoms with Gasteiger partial charge in [0.2, 0.25) is 0 Å². The fourth-order valence-corrected chi connectivity index (χ4v) is 1.43. The van der Waals surface area contributed by atoms with Crippen LogP contribution >= 0.6 is 0 Å². The molecule has 1 rings (SSSR count). The molecule has 0 aromatic heterocycles. The predicted molar refractivity (Wildman–Crippen MR) is 57.6 cm³/mol. The van der Waals surface area contributed by atoms with Crippen LogP contribution < -0.4 is 0 Å². The zero-order valence-corrected chi connectivity index (χ0v) is 8.83. The lowest BCUT2D eigenvalue weighted by molar-refractivity contribution is 0.288. The smallest absolute Gasteiger partial charge is 0.118 e. The second-order valence-electron chi connectivity index (χ2n) is 3.87. The van der Waals surface area contributed by atoms with E-state index in [4.69, 9.17) is 5.11 Å². The molecule has 14 heavy (non-hydrogen) atoms. The van der Waals surface area contributed by atoms with Gasteiger partial charge in [-0.05, 0) is 36.0 Å². The number of rotatable bonds is 4. The number of phenols is 1. The molecule has 0 saturated heterocycles. The van der Waals surface area contributed by atoms with Crippen molar-refractivity contribution in [3.05, 3.63) is 29.3 Å². The van der Waals surface area contributed by atoms with Gasteiger partial charge in [-0.1, -0.05) is 26.0 Å². The Morgan fingerprint density at radius 2 is 2.00 bits per heavy atom. The van der Waals surface area contributed by atoms with E-state index >= 15 is 0 Å². The zero-order chi connectivity index (χ0) is 10.6. The van der Waals surface area contributed by atoms with Crippen LogP contribution in [0.2, 0.25) is 0 Å². The maximum Gasteiger partial charge on any atom is 0.118 e. The van der Waals surface area contributed by atoms with E-state index in [2.05, 4.69) is 13.8 Å². The maximum atomic E-state index is 9.56. The van der Waals surface area contributed by atoms with Crippen molar-refractivity contribution in [3.8, 4) is 5.75 Å². The van der Waals surface area contributed by atoms with E-state index in [0.717, 1.165) is 12.0 Å². The quantitative estimate of drug-likeness (QED) is 0.773. The third-order valence-electron chi connectivity index (χ3n) is 2.37. The Hall–Kier alpha value is -1.02. The van der Waals surface area contributed by atoms with Crippen molar-refractivity contribution in [2.24, 2.45) is 0 Å². The highest BCUT2D eigenvalue weighted by Crippen LogP contribution is 2.24. The molecule has 0 unspecified atom stereocenters. The molecule has 0 aliphatic carbocycles. The van der Waals surface area contributed by atoms with Gasteiger partial charge in [-0.3, -0.25) is 0 Å². The SMILES string of the molecule is CC(C)c1ccc(O)c(CCCO)c1. The van der Waals surface area contributed by atoms with E-state index in [1.807, 2.05) is 12.1 Å². The molecule has 0 heterocycles. The topological polar surface area (TPSA) is 40.5 Å². The molecule has 0 aliphatic rings. The number of aliphatic hydroxyl groups excluding tert-OH is 1. The summed E-state index contributed by atoms with van der Waals surface area (Å²) in [5, 5.41) is 18.3. The lowest BCUT2D eigenvalue weighted by Crippen LogP contribution is -1.93. The minimum atomic E-state index is 0.172. The van der Waals surface area contributed by atoms with E-state index in [9.17, 15) is 5.11 Å². The highest BCUT2D eigenvalue weighted by molar-refractivity contribution is 5.37. The molecule has 0 radical (unpaired) electrons. The summed E-state index contributed by atoms with van der Waals surface area (Å²) in [4.78, 5) is 0. The lowest BCUT2D eigenvalue weighted by atomic mass is 9.98. The highest BCUT2D eigenvalue weighted by atomic mass is 16.3. The second-order valence-corrected chi connectivity index (χ2v) is 3.87. The molecule has 1 aromatic carbocycles. The zero-order valence-electron chi connectivity index (χ0n) is 8.83. The Morgan fingerprint density at radius 1 is 1.29 bits per heavy atom. The Balaban J connectivity index is 2.85. The molecular formula is C12H18O2. The molecule has 2 N–H and O–H groups in total. The summed E-state index contributed by atoms with van der Waals surface area (Å²) < 4.78 is 0. The van der Waals surface area contributed by atoms with Crippen molar-refractivity contribution >= 4 is 0 Å². The Bertz CT molecular complexity index is 292. The van der Waals surface area contributed by atoms with E-state index in [-0.39, 0.29) is 6.61 Å². The summed E-state index contributed by atoms with van der Waals surface area (Å²) in [6.45, 7) is 4.43. The van der Waals surface area contributed by atoms with Gasteiger partial charge in [0.25, 0.3) is 0 Å². The first-order valence-corrected chi connectivity index (χ1v) is 5.07. The molecule has 0 saturated carbocycles. The molecule has 0 spiro atoms. The van der Waals surface area contributed by atoms with Gasteiger partial charge in [0, 0.05) is 6.61 Å². The first-order chi connectivity index (χ1) is 6.65. The van der Waals surface area contributed by atoms with E-state index in [1.54, 1.807) is 6.07 Å². The van der Waals surface area contributed by atoms with Crippen molar-refractivity contribution in [1.29, 1.82) is 0 Å². The Labute approximate surface area is 85.2 Å². The van der Waals surface area contributed by atoms with Gasteiger partial charge < -0.3 is 10.2 Å².